The number of halogens is 6. The van der Waals surface area contributed by atoms with Crippen molar-refractivity contribution in [3.05, 3.63) is 119 Å². The third-order valence-corrected chi connectivity index (χ3v) is 14.5. The number of aryl methyl sites for hydroxylation is 4. The van der Waals surface area contributed by atoms with Gasteiger partial charge in [-0.3, -0.25) is 0 Å². The van der Waals surface area contributed by atoms with Crippen molar-refractivity contribution >= 4 is 49.3 Å². The zero-order valence-corrected chi connectivity index (χ0v) is 31.7. The van der Waals surface area contributed by atoms with Crippen molar-refractivity contribution in [2.24, 2.45) is 4.15 Å². The highest BCUT2D eigenvalue weighted by Gasteiger charge is 2.55. The van der Waals surface area contributed by atoms with Crippen LogP contribution in [0.4, 0.5) is 26.3 Å². The molecule has 17 heteroatoms. The zero-order chi connectivity index (χ0) is 39.9. The average molecular weight is 819 g/mol. The third kappa shape index (κ3) is 6.96. The van der Waals surface area contributed by atoms with E-state index in [4.69, 9.17) is 9.05 Å². The minimum atomic E-state index is -6.83. The van der Waals surface area contributed by atoms with Crippen LogP contribution in [0.5, 0.6) is 11.5 Å². The Hall–Kier alpha value is -4.89. The summed E-state index contributed by atoms with van der Waals surface area (Å²) in [6.07, 6.45) is 0. The summed E-state index contributed by atoms with van der Waals surface area (Å²) in [7, 11) is -19.6. The van der Waals surface area contributed by atoms with Crippen LogP contribution in [0.25, 0.3) is 54.9 Å². The first kappa shape index (κ1) is 38.4. The van der Waals surface area contributed by atoms with Crippen LogP contribution in [0, 0.1) is 27.7 Å². The molecule has 6 aromatic carbocycles. The number of sulfonamides is 2. The largest absolute Gasteiger partial charge is 0.518 e. The van der Waals surface area contributed by atoms with Crippen LogP contribution in [-0.4, -0.2) is 27.9 Å². The second-order valence-electron chi connectivity index (χ2n) is 13.2. The van der Waals surface area contributed by atoms with Gasteiger partial charge < -0.3 is 9.05 Å². The predicted octanol–water partition coefficient (Wildman–Crippen LogP) is 11.2. The maximum absolute atomic E-state index is 14.2. The number of nitrogens with one attached hydrogen (secondary N) is 1. The number of rotatable bonds is 5. The summed E-state index contributed by atoms with van der Waals surface area (Å²) in [5, 5.41) is 1.84. The van der Waals surface area contributed by atoms with Crippen LogP contribution < -0.4 is 13.5 Å². The van der Waals surface area contributed by atoms with Gasteiger partial charge in [-0.1, -0.05) is 111 Å². The van der Waals surface area contributed by atoms with E-state index in [2.05, 4.69) is 4.15 Å². The predicted molar refractivity (Wildman–Crippen MR) is 200 cm³/mol. The lowest BCUT2D eigenvalue weighted by molar-refractivity contribution is -0.0443. The lowest BCUT2D eigenvalue weighted by Gasteiger charge is -2.26. The Bertz CT molecular complexity index is 2690. The molecule has 8 nitrogen and oxygen atoms in total. The zero-order valence-electron chi connectivity index (χ0n) is 29.2. The highest BCUT2D eigenvalue weighted by molar-refractivity contribution is 7.99. The molecule has 7 rings (SSSR count). The van der Waals surface area contributed by atoms with Crippen molar-refractivity contribution in [3.8, 4) is 44.9 Å². The van der Waals surface area contributed by atoms with Gasteiger partial charge >= 0.3 is 38.7 Å². The van der Waals surface area contributed by atoms with E-state index >= 15 is 0 Å². The number of hydrogen-bond acceptors (Lipinski definition) is 6. The Balaban J connectivity index is 1.79. The summed E-state index contributed by atoms with van der Waals surface area (Å²) in [5.41, 5.74) is -8.48. The lowest BCUT2D eigenvalue weighted by Crippen LogP contribution is -2.37. The summed E-state index contributed by atoms with van der Waals surface area (Å²) >= 11 is 0. The Kier molecular flexibility index (Phi) is 9.15. The molecular formula is C38H29F6N2O6PS2. The quantitative estimate of drug-likeness (QED) is 0.137. The molecule has 0 amide bonds. The average Bonchev–Trinajstić information content (AvgIpc) is 3.20. The summed E-state index contributed by atoms with van der Waals surface area (Å²) in [6.45, 7) is 7.05. The topological polar surface area (TPSA) is 111 Å². The van der Waals surface area contributed by atoms with Gasteiger partial charge in [-0.05, 0) is 72.5 Å². The Morgan fingerprint density at radius 1 is 0.564 bits per heavy atom. The third-order valence-electron chi connectivity index (χ3n) is 8.80. The molecule has 0 unspecified atom stereocenters. The fourth-order valence-electron chi connectivity index (χ4n) is 6.78. The molecule has 1 heterocycles. The van der Waals surface area contributed by atoms with Crippen LogP contribution in [-0.2, 0) is 20.0 Å². The minimum absolute atomic E-state index is 0.0769. The number of hydrogen-bond donors (Lipinski definition) is 1. The molecule has 55 heavy (non-hydrogen) atoms. The van der Waals surface area contributed by atoms with Gasteiger partial charge in [-0.15, -0.1) is 4.49 Å². The first-order valence-electron chi connectivity index (χ1n) is 16.3. The van der Waals surface area contributed by atoms with Gasteiger partial charge in [0.05, 0.1) is 0 Å². The Labute approximate surface area is 312 Å². The van der Waals surface area contributed by atoms with Crippen LogP contribution in [0.3, 0.4) is 0 Å². The molecule has 0 spiro atoms. The SMILES string of the molecule is Cc1cc(C)cc(-c2cc3ccccc3c3c2OP(=NS(=O)(=O)C(F)(F)F)(NS(=O)(=O)C(F)(F)F)Oc2c(-c4cc(C)cc(C)c4)cc4ccccc4c2-3)c1. The van der Waals surface area contributed by atoms with E-state index in [1.807, 2.05) is 12.1 Å². The Morgan fingerprint density at radius 3 is 1.31 bits per heavy atom. The summed E-state index contributed by atoms with van der Waals surface area (Å²) in [6, 6.07) is 27.0. The molecule has 1 aliphatic heterocycles. The van der Waals surface area contributed by atoms with E-state index in [1.54, 1.807) is 113 Å². The number of nitrogens with zero attached hydrogens (tertiary/aromatic N) is 1. The van der Waals surface area contributed by atoms with Crippen molar-refractivity contribution < 1.29 is 52.2 Å². The van der Waals surface area contributed by atoms with Crippen molar-refractivity contribution in [2.75, 3.05) is 0 Å². The number of benzene rings is 6. The smallest absolute Gasteiger partial charge is 0.416 e. The van der Waals surface area contributed by atoms with E-state index in [9.17, 15) is 43.2 Å². The minimum Gasteiger partial charge on any atom is -0.416 e. The normalized spacial score (nSPS) is 14.4. The lowest BCUT2D eigenvalue weighted by atomic mass is 9.86. The second-order valence-corrected chi connectivity index (χ2v) is 18.9. The van der Waals surface area contributed by atoms with Gasteiger partial charge in [-0.2, -0.15) is 34.8 Å². The van der Waals surface area contributed by atoms with Crippen molar-refractivity contribution in [2.45, 2.75) is 38.7 Å². The monoisotopic (exact) mass is 818 g/mol. The molecular weight excluding hydrogens is 790 g/mol. The van der Waals surface area contributed by atoms with Crippen molar-refractivity contribution in [3.63, 3.8) is 0 Å². The standard InChI is InChI=1S/C38H29F6N2O6PS2/c1-21-13-22(2)16-27(15-21)31-19-25-9-5-7-11-29(25)33-34-30-12-8-6-10-26(30)20-32(28-17-23(3)14-24(4)18-28)36(34)52-53(51-35(31)33,45-54(47,48)37(39,40)41)46-55(49,50)38(42,43)44/h5-20,45H,1-4H3. The molecule has 0 fully saturated rings. The van der Waals surface area contributed by atoms with Crippen LogP contribution in [0.1, 0.15) is 22.3 Å². The molecule has 0 atom stereocenters. The number of alkyl halides is 6. The molecule has 1 aliphatic rings. The summed E-state index contributed by atoms with van der Waals surface area (Å²) < 4.78 is 153. The summed E-state index contributed by atoms with van der Waals surface area (Å²) in [5.74, 6) is -0.936. The van der Waals surface area contributed by atoms with Gasteiger partial charge in [0.2, 0.25) is 0 Å². The molecule has 286 valence electrons. The van der Waals surface area contributed by atoms with E-state index in [1.165, 1.54) is 0 Å². The fraction of sp³-hybridized carbons (Fsp3) is 0.158. The highest BCUT2D eigenvalue weighted by atomic mass is 32.2. The van der Waals surface area contributed by atoms with Gasteiger partial charge in [0.15, 0.2) is 0 Å². The molecule has 0 saturated carbocycles. The molecule has 0 aliphatic carbocycles. The molecule has 0 saturated heterocycles. The first-order chi connectivity index (χ1) is 25.6. The molecule has 0 aromatic heterocycles. The van der Waals surface area contributed by atoms with Crippen molar-refractivity contribution in [1.82, 2.24) is 4.49 Å². The van der Waals surface area contributed by atoms with Crippen molar-refractivity contribution in [1.29, 1.82) is 0 Å². The highest BCUT2D eigenvalue weighted by Crippen LogP contribution is 2.64. The summed E-state index contributed by atoms with van der Waals surface area (Å²) in [4.78, 5) is 0. The van der Waals surface area contributed by atoms with E-state index in [0.29, 0.717) is 54.9 Å². The molecule has 1 N–H and O–H groups in total. The molecule has 6 aromatic rings. The van der Waals surface area contributed by atoms with Gasteiger partial charge in [0, 0.05) is 22.3 Å². The maximum atomic E-state index is 14.2. The van der Waals surface area contributed by atoms with Crippen LogP contribution >= 0.6 is 7.66 Å². The van der Waals surface area contributed by atoms with Gasteiger partial charge in [0.1, 0.15) is 11.5 Å². The van der Waals surface area contributed by atoms with Crippen LogP contribution in [0.15, 0.2) is 101 Å². The van der Waals surface area contributed by atoms with Gasteiger partial charge in [-0.25, -0.2) is 8.42 Å². The van der Waals surface area contributed by atoms with Gasteiger partial charge in [0.25, 0.3) is 0 Å². The molecule has 0 bridgehead atoms. The number of fused-ring (bicyclic) bond motifs is 7. The Morgan fingerprint density at radius 2 is 0.945 bits per heavy atom. The first-order valence-corrected chi connectivity index (χ1v) is 20.8. The maximum Gasteiger partial charge on any atom is 0.518 e. The van der Waals surface area contributed by atoms with E-state index < -0.39 is 50.2 Å². The van der Waals surface area contributed by atoms with E-state index in [-0.39, 0.29) is 22.3 Å². The fourth-order valence-corrected chi connectivity index (χ4v) is 11.8. The van der Waals surface area contributed by atoms with Crippen LogP contribution in [0.2, 0.25) is 0 Å². The molecule has 0 radical (unpaired) electrons. The van der Waals surface area contributed by atoms with E-state index in [0.717, 1.165) is 4.49 Å². The second kappa shape index (κ2) is 13.1.